The van der Waals surface area contributed by atoms with E-state index >= 15 is 0 Å². The third-order valence-corrected chi connectivity index (χ3v) is 4.29. The Bertz CT molecular complexity index is 723. The Morgan fingerprint density at radius 1 is 1.00 bits per heavy atom. The van der Waals surface area contributed by atoms with Crippen LogP contribution in [0.2, 0.25) is 0 Å². The van der Waals surface area contributed by atoms with Crippen molar-refractivity contribution in [1.29, 1.82) is 0 Å². The number of rotatable bonds is 5. The van der Waals surface area contributed by atoms with Crippen LogP contribution >= 0.6 is 0 Å². The summed E-state index contributed by atoms with van der Waals surface area (Å²) in [7, 11) is 0. The molecule has 1 amide bonds. The first-order valence-electron chi connectivity index (χ1n) is 8.40. The Morgan fingerprint density at radius 2 is 1.64 bits per heavy atom. The minimum absolute atomic E-state index is 0.103. The van der Waals surface area contributed by atoms with E-state index in [1.807, 2.05) is 12.1 Å². The summed E-state index contributed by atoms with van der Waals surface area (Å²) in [6, 6.07) is 11.1. The molecule has 1 N–H and O–H groups in total. The molecule has 25 heavy (non-hydrogen) atoms. The highest BCUT2D eigenvalue weighted by Crippen LogP contribution is 2.15. The van der Waals surface area contributed by atoms with Gasteiger partial charge in [0.1, 0.15) is 0 Å². The Balaban J connectivity index is 1.51. The Hall–Kier alpha value is -2.73. The van der Waals surface area contributed by atoms with Crippen molar-refractivity contribution in [3.63, 3.8) is 0 Å². The van der Waals surface area contributed by atoms with Crippen LogP contribution < -0.4 is 10.2 Å². The standard InChI is InChI=1S/C19H22N4O2/c1-15(24)21-17-4-2-16(3-5-17)19(25)14-22-10-12-23(13-11-22)18-6-8-20-9-7-18/h2-9H,10-14H2,1H3,(H,21,24). The first-order chi connectivity index (χ1) is 12.1. The van der Waals surface area contributed by atoms with Crippen LogP contribution in [0.4, 0.5) is 11.4 Å². The van der Waals surface area contributed by atoms with Gasteiger partial charge in [-0.15, -0.1) is 0 Å². The second-order valence-electron chi connectivity index (χ2n) is 6.15. The summed E-state index contributed by atoms with van der Waals surface area (Å²) in [6.07, 6.45) is 3.60. The lowest BCUT2D eigenvalue weighted by Crippen LogP contribution is -2.48. The van der Waals surface area contributed by atoms with E-state index in [9.17, 15) is 9.59 Å². The molecule has 0 spiro atoms. The molecule has 0 radical (unpaired) electrons. The van der Waals surface area contributed by atoms with E-state index in [0.717, 1.165) is 26.2 Å². The molecule has 130 valence electrons. The highest BCUT2D eigenvalue weighted by molar-refractivity contribution is 5.98. The van der Waals surface area contributed by atoms with Crippen molar-refractivity contribution >= 4 is 23.1 Å². The first kappa shape index (κ1) is 17.1. The molecule has 0 bridgehead atoms. The molecule has 1 aromatic heterocycles. The zero-order chi connectivity index (χ0) is 17.6. The van der Waals surface area contributed by atoms with Gasteiger partial charge in [0.05, 0.1) is 6.54 Å². The molecule has 2 heterocycles. The van der Waals surface area contributed by atoms with E-state index in [2.05, 4.69) is 20.1 Å². The fourth-order valence-electron chi connectivity index (χ4n) is 2.96. The molecule has 1 aromatic carbocycles. The average molecular weight is 338 g/mol. The lowest BCUT2D eigenvalue weighted by molar-refractivity contribution is -0.114. The van der Waals surface area contributed by atoms with Gasteiger partial charge in [0, 0.05) is 62.4 Å². The number of nitrogens with zero attached hydrogens (tertiary/aromatic N) is 3. The van der Waals surface area contributed by atoms with Crippen molar-refractivity contribution in [2.45, 2.75) is 6.92 Å². The summed E-state index contributed by atoms with van der Waals surface area (Å²) < 4.78 is 0. The van der Waals surface area contributed by atoms with Crippen molar-refractivity contribution in [1.82, 2.24) is 9.88 Å². The van der Waals surface area contributed by atoms with Crippen LogP contribution in [-0.2, 0) is 4.79 Å². The van der Waals surface area contributed by atoms with Crippen molar-refractivity contribution in [2.24, 2.45) is 0 Å². The van der Waals surface area contributed by atoms with Crippen molar-refractivity contribution in [2.75, 3.05) is 42.9 Å². The summed E-state index contributed by atoms with van der Waals surface area (Å²) >= 11 is 0. The minimum Gasteiger partial charge on any atom is -0.369 e. The second-order valence-corrected chi connectivity index (χ2v) is 6.15. The summed E-state index contributed by atoms with van der Waals surface area (Å²) in [5.41, 5.74) is 2.55. The lowest BCUT2D eigenvalue weighted by atomic mass is 10.1. The molecule has 0 unspecified atom stereocenters. The normalized spacial score (nSPS) is 15.0. The highest BCUT2D eigenvalue weighted by Gasteiger charge is 2.19. The van der Waals surface area contributed by atoms with Gasteiger partial charge >= 0.3 is 0 Å². The third kappa shape index (κ3) is 4.64. The van der Waals surface area contributed by atoms with Gasteiger partial charge in [-0.1, -0.05) is 0 Å². The van der Waals surface area contributed by atoms with Crippen LogP contribution in [0, 0.1) is 0 Å². The monoisotopic (exact) mass is 338 g/mol. The van der Waals surface area contributed by atoms with E-state index in [1.165, 1.54) is 12.6 Å². The topological polar surface area (TPSA) is 65.5 Å². The number of nitrogens with one attached hydrogen (secondary N) is 1. The SMILES string of the molecule is CC(=O)Nc1ccc(C(=O)CN2CCN(c3ccncc3)CC2)cc1. The molecule has 3 rings (SSSR count). The van der Waals surface area contributed by atoms with Crippen LogP contribution in [0.15, 0.2) is 48.8 Å². The number of carbonyl (C=O) groups is 2. The predicted octanol–water partition coefficient (Wildman–Crippen LogP) is 2.04. The number of amides is 1. The number of Topliss-reactive ketones (excluding diaryl/α,β-unsaturated/α-hetero) is 1. The molecule has 0 saturated carbocycles. The maximum Gasteiger partial charge on any atom is 0.221 e. The number of hydrogen-bond acceptors (Lipinski definition) is 5. The van der Waals surface area contributed by atoms with Gasteiger partial charge in [-0.2, -0.15) is 0 Å². The number of hydrogen-bond donors (Lipinski definition) is 1. The van der Waals surface area contributed by atoms with E-state index in [1.54, 1.807) is 36.7 Å². The summed E-state index contributed by atoms with van der Waals surface area (Å²) in [6.45, 7) is 5.40. The Kier molecular flexibility index (Phi) is 5.40. The van der Waals surface area contributed by atoms with Crippen LogP contribution in [-0.4, -0.2) is 54.3 Å². The van der Waals surface area contributed by atoms with Gasteiger partial charge in [0.15, 0.2) is 5.78 Å². The number of pyridine rings is 1. The molecular weight excluding hydrogens is 316 g/mol. The van der Waals surface area contributed by atoms with Crippen molar-refractivity contribution in [3.05, 3.63) is 54.4 Å². The van der Waals surface area contributed by atoms with Gasteiger partial charge < -0.3 is 10.2 Å². The number of aromatic nitrogens is 1. The molecule has 0 atom stereocenters. The summed E-state index contributed by atoms with van der Waals surface area (Å²) in [4.78, 5) is 32.0. The fraction of sp³-hybridized carbons (Fsp3) is 0.316. The zero-order valence-corrected chi connectivity index (χ0v) is 14.3. The zero-order valence-electron chi connectivity index (χ0n) is 14.3. The van der Waals surface area contributed by atoms with Gasteiger partial charge in [-0.25, -0.2) is 0 Å². The van der Waals surface area contributed by atoms with Crippen LogP contribution in [0.3, 0.4) is 0 Å². The largest absolute Gasteiger partial charge is 0.369 e. The molecule has 6 nitrogen and oxygen atoms in total. The average Bonchev–Trinajstić information content (AvgIpc) is 2.63. The Morgan fingerprint density at radius 3 is 2.24 bits per heavy atom. The van der Waals surface area contributed by atoms with Crippen LogP contribution in [0.25, 0.3) is 0 Å². The molecule has 1 aliphatic rings. The molecule has 0 aliphatic carbocycles. The maximum absolute atomic E-state index is 12.4. The third-order valence-electron chi connectivity index (χ3n) is 4.29. The van der Waals surface area contributed by atoms with Gasteiger partial charge in [0.2, 0.25) is 5.91 Å². The number of piperazine rings is 1. The molecule has 1 aliphatic heterocycles. The molecule has 2 aromatic rings. The quantitative estimate of drug-likeness (QED) is 0.845. The molecule has 1 saturated heterocycles. The van der Waals surface area contributed by atoms with E-state index < -0.39 is 0 Å². The number of carbonyl (C=O) groups excluding carboxylic acids is 2. The molecule has 1 fully saturated rings. The number of ketones is 1. The Labute approximate surface area is 147 Å². The van der Waals surface area contributed by atoms with E-state index in [-0.39, 0.29) is 11.7 Å². The molecular formula is C19H22N4O2. The van der Waals surface area contributed by atoms with Gasteiger partial charge in [-0.05, 0) is 36.4 Å². The smallest absolute Gasteiger partial charge is 0.221 e. The van der Waals surface area contributed by atoms with E-state index in [0.29, 0.717) is 17.8 Å². The lowest BCUT2D eigenvalue weighted by Gasteiger charge is -2.35. The van der Waals surface area contributed by atoms with Gasteiger partial charge in [-0.3, -0.25) is 19.5 Å². The summed E-state index contributed by atoms with van der Waals surface area (Å²) in [5.74, 6) is -0.0159. The number of benzene rings is 1. The summed E-state index contributed by atoms with van der Waals surface area (Å²) in [5, 5.41) is 2.70. The minimum atomic E-state index is -0.119. The van der Waals surface area contributed by atoms with E-state index in [4.69, 9.17) is 0 Å². The fourth-order valence-corrected chi connectivity index (χ4v) is 2.96. The number of anilines is 2. The van der Waals surface area contributed by atoms with Crippen molar-refractivity contribution in [3.8, 4) is 0 Å². The maximum atomic E-state index is 12.4. The first-order valence-corrected chi connectivity index (χ1v) is 8.40. The highest BCUT2D eigenvalue weighted by atomic mass is 16.1. The van der Waals surface area contributed by atoms with Crippen LogP contribution in [0.5, 0.6) is 0 Å². The van der Waals surface area contributed by atoms with Gasteiger partial charge in [0.25, 0.3) is 0 Å². The predicted molar refractivity (Wildman–Crippen MR) is 98.0 cm³/mol. The molecule has 6 heteroatoms. The second kappa shape index (κ2) is 7.90. The van der Waals surface area contributed by atoms with Crippen molar-refractivity contribution < 1.29 is 9.59 Å². The van der Waals surface area contributed by atoms with Crippen LogP contribution in [0.1, 0.15) is 17.3 Å².